The third-order valence-corrected chi connectivity index (χ3v) is 3.21. The molecule has 1 aliphatic heterocycles. The molecule has 1 aliphatic rings. The summed E-state index contributed by atoms with van der Waals surface area (Å²) >= 11 is 3.17. The lowest BCUT2D eigenvalue weighted by Gasteiger charge is -2.33. The average molecular weight is 306 g/mol. The summed E-state index contributed by atoms with van der Waals surface area (Å²) < 4.78 is 5.30. The fourth-order valence-electron chi connectivity index (χ4n) is 1.84. The van der Waals surface area contributed by atoms with E-state index in [-0.39, 0.29) is 17.8 Å². The molecular formula is C12H20BrNO3. The van der Waals surface area contributed by atoms with Crippen molar-refractivity contribution in [3.8, 4) is 0 Å². The molecule has 98 valence electrons. The summed E-state index contributed by atoms with van der Waals surface area (Å²) in [5.41, 5.74) is -0.483. The van der Waals surface area contributed by atoms with Crippen molar-refractivity contribution in [2.24, 2.45) is 5.92 Å². The minimum Gasteiger partial charge on any atom is -0.444 e. The number of halogens is 1. The lowest BCUT2D eigenvalue weighted by molar-refractivity contribution is -0.121. The molecule has 0 aliphatic carbocycles. The monoisotopic (exact) mass is 305 g/mol. The highest BCUT2D eigenvalue weighted by atomic mass is 79.9. The fraction of sp³-hybridized carbons (Fsp3) is 0.833. The molecule has 1 amide bonds. The largest absolute Gasteiger partial charge is 0.444 e. The normalized spacial score (nSPS) is 21.2. The van der Waals surface area contributed by atoms with Gasteiger partial charge in [-0.05, 0) is 33.6 Å². The molecule has 1 atom stereocenters. The van der Waals surface area contributed by atoms with Gasteiger partial charge in [0.2, 0.25) is 0 Å². The predicted molar refractivity (Wildman–Crippen MR) is 69.3 cm³/mol. The second-order valence-electron chi connectivity index (χ2n) is 5.37. The maximum atomic E-state index is 11.9. The van der Waals surface area contributed by atoms with Gasteiger partial charge in [-0.2, -0.15) is 0 Å². The van der Waals surface area contributed by atoms with Crippen molar-refractivity contribution in [3.63, 3.8) is 0 Å². The zero-order valence-electron chi connectivity index (χ0n) is 10.7. The Hall–Kier alpha value is -0.580. The summed E-state index contributed by atoms with van der Waals surface area (Å²) in [6.07, 6.45) is 1.41. The molecule has 1 saturated heterocycles. The molecule has 17 heavy (non-hydrogen) atoms. The van der Waals surface area contributed by atoms with Gasteiger partial charge in [0.05, 0.1) is 5.33 Å². The highest BCUT2D eigenvalue weighted by Crippen LogP contribution is 2.20. The second kappa shape index (κ2) is 5.85. The number of nitrogens with zero attached hydrogens (tertiary/aromatic N) is 1. The first-order chi connectivity index (χ1) is 7.83. The van der Waals surface area contributed by atoms with Gasteiger partial charge in [0.25, 0.3) is 0 Å². The number of amides is 1. The van der Waals surface area contributed by atoms with E-state index in [1.807, 2.05) is 20.8 Å². The smallest absolute Gasteiger partial charge is 0.410 e. The van der Waals surface area contributed by atoms with Gasteiger partial charge in [0.1, 0.15) is 11.4 Å². The first-order valence-corrected chi connectivity index (χ1v) is 7.02. The molecule has 4 nitrogen and oxygen atoms in total. The van der Waals surface area contributed by atoms with Gasteiger partial charge in [0, 0.05) is 19.0 Å². The predicted octanol–water partition coefficient (Wildman–Crippen LogP) is 2.60. The Balaban J connectivity index is 2.55. The molecule has 0 unspecified atom stereocenters. The molecule has 0 spiro atoms. The van der Waals surface area contributed by atoms with E-state index in [2.05, 4.69) is 15.9 Å². The van der Waals surface area contributed by atoms with Crippen LogP contribution in [0.1, 0.15) is 33.6 Å². The standard InChI is InChI=1S/C12H20BrNO3/c1-12(2,3)17-11(16)14-6-4-5-9(8-14)10(15)7-13/h9H,4-8H2,1-3H3/t9-/m0/s1. The number of hydrogen-bond acceptors (Lipinski definition) is 3. The Labute approximate surface area is 111 Å². The third-order valence-electron chi connectivity index (χ3n) is 2.66. The van der Waals surface area contributed by atoms with Crippen molar-refractivity contribution in [1.29, 1.82) is 0 Å². The molecule has 5 heteroatoms. The topological polar surface area (TPSA) is 46.6 Å². The number of ether oxygens (including phenoxy) is 1. The quantitative estimate of drug-likeness (QED) is 0.737. The number of likely N-dealkylation sites (tertiary alicyclic amines) is 1. The van der Waals surface area contributed by atoms with Crippen molar-refractivity contribution in [2.75, 3.05) is 18.4 Å². The Morgan fingerprint density at radius 2 is 2.06 bits per heavy atom. The lowest BCUT2D eigenvalue weighted by Crippen LogP contribution is -2.44. The number of piperidine rings is 1. The van der Waals surface area contributed by atoms with Crippen LogP contribution in [0.3, 0.4) is 0 Å². The molecule has 0 N–H and O–H groups in total. The molecular weight excluding hydrogens is 286 g/mol. The van der Waals surface area contributed by atoms with Crippen LogP contribution in [0.2, 0.25) is 0 Å². The average Bonchev–Trinajstić information content (AvgIpc) is 2.26. The van der Waals surface area contributed by atoms with Crippen molar-refractivity contribution >= 4 is 27.8 Å². The van der Waals surface area contributed by atoms with E-state index in [4.69, 9.17) is 4.74 Å². The van der Waals surface area contributed by atoms with E-state index >= 15 is 0 Å². The molecule has 0 aromatic heterocycles. The molecule has 0 bridgehead atoms. The second-order valence-corrected chi connectivity index (χ2v) is 5.93. The van der Waals surface area contributed by atoms with Crippen LogP contribution < -0.4 is 0 Å². The summed E-state index contributed by atoms with van der Waals surface area (Å²) in [6, 6.07) is 0. The van der Waals surface area contributed by atoms with Gasteiger partial charge in [0.15, 0.2) is 0 Å². The van der Waals surface area contributed by atoms with Crippen LogP contribution in [0.15, 0.2) is 0 Å². The van der Waals surface area contributed by atoms with Crippen LogP contribution >= 0.6 is 15.9 Å². The Morgan fingerprint density at radius 1 is 1.41 bits per heavy atom. The van der Waals surface area contributed by atoms with Gasteiger partial charge >= 0.3 is 6.09 Å². The van der Waals surface area contributed by atoms with E-state index in [1.165, 1.54) is 0 Å². The van der Waals surface area contributed by atoms with E-state index in [0.29, 0.717) is 18.4 Å². The van der Waals surface area contributed by atoms with E-state index in [9.17, 15) is 9.59 Å². The van der Waals surface area contributed by atoms with Gasteiger partial charge < -0.3 is 9.64 Å². The molecule has 1 fully saturated rings. The Bertz CT molecular complexity index is 299. The first kappa shape index (κ1) is 14.5. The molecule has 1 heterocycles. The summed E-state index contributed by atoms with van der Waals surface area (Å²) in [6.45, 7) is 6.70. The molecule has 1 rings (SSSR count). The number of rotatable bonds is 2. The van der Waals surface area contributed by atoms with Gasteiger partial charge in [-0.25, -0.2) is 4.79 Å². The van der Waals surface area contributed by atoms with Crippen molar-refractivity contribution in [1.82, 2.24) is 4.90 Å². The summed E-state index contributed by atoms with van der Waals surface area (Å²) in [7, 11) is 0. The van der Waals surface area contributed by atoms with Crippen LogP contribution in [0, 0.1) is 5.92 Å². The van der Waals surface area contributed by atoms with Crippen LogP contribution in [0.5, 0.6) is 0 Å². The van der Waals surface area contributed by atoms with E-state index in [0.717, 1.165) is 12.8 Å². The molecule has 0 saturated carbocycles. The first-order valence-electron chi connectivity index (χ1n) is 5.90. The number of carbonyl (C=O) groups excluding carboxylic acids is 2. The van der Waals surface area contributed by atoms with Crippen LogP contribution in [-0.4, -0.2) is 40.8 Å². The summed E-state index contributed by atoms with van der Waals surface area (Å²) in [5, 5.41) is 0.361. The van der Waals surface area contributed by atoms with Gasteiger partial charge in [-0.15, -0.1) is 0 Å². The number of ketones is 1. The summed E-state index contributed by atoms with van der Waals surface area (Å²) in [4.78, 5) is 25.1. The van der Waals surface area contributed by atoms with E-state index in [1.54, 1.807) is 4.90 Å². The van der Waals surface area contributed by atoms with Crippen molar-refractivity contribution in [3.05, 3.63) is 0 Å². The fourth-order valence-corrected chi connectivity index (χ4v) is 2.30. The highest BCUT2D eigenvalue weighted by molar-refractivity contribution is 9.09. The molecule has 0 aromatic rings. The summed E-state index contributed by atoms with van der Waals surface area (Å²) in [5.74, 6) is 0.119. The SMILES string of the molecule is CC(C)(C)OC(=O)N1CCC[C@H](C(=O)CBr)C1. The Kier molecular flexibility index (Phi) is 4.98. The number of Topliss-reactive ketones (excluding diaryl/α,β-unsaturated/α-hetero) is 1. The Morgan fingerprint density at radius 3 is 2.59 bits per heavy atom. The van der Waals surface area contributed by atoms with Crippen molar-refractivity contribution < 1.29 is 14.3 Å². The van der Waals surface area contributed by atoms with Crippen LogP contribution in [-0.2, 0) is 9.53 Å². The van der Waals surface area contributed by atoms with Gasteiger partial charge in [-0.1, -0.05) is 15.9 Å². The zero-order valence-corrected chi connectivity index (χ0v) is 12.2. The number of hydrogen-bond donors (Lipinski definition) is 0. The maximum absolute atomic E-state index is 11.9. The van der Waals surface area contributed by atoms with Gasteiger partial charge in [-0.3, -0.25) is 4.79 Å². The number of alkyl halides is 1. The molecule has 0 radical (unpaired) electrons. The molecule has 0 aromatic carbocycles. The van der Waals surface area contributed by atoms with E-state index < -0.39 is 5.60 Å². The maximum Gasteiger partial charge on any atom is 0.410 e. The minimum absolute atomic E-state index is 0.0457. The van der Waals surface area contributed by atoms with Crippen LogP contribution in [0.4, 0.5) is 4.79 Å². The van der Waals surface area contributed by atoms with Crippen LogP contribution in [0.25, 0.3) is 0 Å². The minimum atomic E-state index is -0.483. The third kappa shape index (κ3) is 4.66. The zero-order chi connectivity index (χ0) is 13.1. The van der Waals surface area contributed by atoms with Crippen molar-refractivity contribution in [2.45, 2.75) is 39.2 Å². The number of carbonyl (C=O) groups is 2. The lowest BCUT2D eigenvalue weighted by atomic mass is 9.95. The highest BCUT2D eigenvalue weighted by Gasteiger charge is 2.30.